The Labute approximate surface area is 197 Å². The Morgan fingerprint density at radius 2 is 1.69 bits per heavy atom. The molecule has 0 aliphatic rings. The fourth-order valence-corrected chi connectivity index (χ4v) is 3.78. The van der Waals surface area contributed by atoms with Gasteiger partial charge in [-0.3, -0.25) is 4.79 Å². The molecule has 1 unspecified atom stereocenters. The van der Waals surface area contributed by atoms with E-state index in [-0.39, 0.29) is 11.0 Å². The lowest BCUT2D eigenvalue weighted by Gasteiger charge is -2.33. The van der Waals surface area contributed by atoms with Gasteiger partial charge in [-0.05, 0) is 80.2 Å². The Hall–Kier alpha value is -2.35. The van der Waals surface area contributed by atoms with Gasteiger partial charge in [-0.15, -0.1) is 0 Å². The van der Waals surface area contributed by atoms with Gasteiger partial charge in [0.1, 0.15) is 0 Å². The number of carbonyl (C=O) groups is 1. The maximum absolute atomic E-state index is 11.4. The average molecular weight is 436 g/mol. The van der Waals surface area contributed by atoms with Crippen molar-refractivity contribution >= 4 is 12.0 Å². The molecule has 1 atom stereocenters. The molecule has 0 spiro atoms. The fraction of sp³-hybridized carbons (Fsp3) is 0.500. The molecule has 0 aromatic heterocycles. The number of nitrogens with one attached hydrogen (secondary N) is 1. The molecule has 0 saturated heterocycles. The summed E-state index contributed by atoms with van der Waals surface area (Å²) in [6.07, 6.45) is 13.8. The number of allylic oxidation sites excluding steroid dienone is 7. The summed E-state index contributed by atoms with van der Waals surface area (Å²) < 4.78 is 0. The molecule has 0 aliphatic carbocycles. The average Bonchev–Trinajstić information content (AvgIpc) is 2.74. The molecule has 1 N–H and O–H groups in total. The first-order chi connectivity index (χ1) is 15.0. The molecule has 0 aliphatic heterocycles. The van der Waals surface area contributed by atoms with E-state index in [4.69, 9.17) is 0 Å². The molecule has 2 nitrogen and oxygen atoms in total. The van der Waals surface area contributed by atoms with Crippen LogP contribution in [0, 0.1) is 12.3 Å². The Bertz CT molecular complexity index is 859. The van der Waals surface area contributed by atoms with Gasteiger partial charge >= 0.3 is 0 Å². The zero-order valence-corrected chi connectivity index (χ0v) is 21.9. The van der Waals surface area contributed by atoms with Crippen molar-refractivity contribution in [3.63, 3.8) is 0 Å². The van der Waals surface area contributed by atoms with E-state index in [0.29, 0.717) is 0 Å². The standard InChI is InChI=1S/C30H45NO/c1-10-13-14-15-25(11-2)27(21-30(9,12-3)31-22-32)28(29(6,7)8)20-24(5)26-18-16-23(4)17-19-26/h11,14-20,22H,10,12-13,21H2,1-9H3,(H,31,32)/b15-14+,24-20+,25-11-,28-27+. The molecule has 1 aromatic rings. The van der Waals surface area contributed by atoms with Crippen molar-refractivity contribution in [3.05, 3.63) is 76.4 Å². The minimum Gasteiger partial charge on any atom is -0.353 e. The van der Waals surface area contributed by atoms with Gasteiger partial charge in [-0.2, -0.15) is 0 Å². The third-order valence-corrected chi connectivity index (χ3v) is 6.17. The summed E-state index contributed by atoms with van der Waals surface area (Å²) in [5.41, 5.74) is 7.27. The number of benzene rings is 1. The van der Waals surface area contributed by atoms with Gasteiger partial charge in [0.05, 0.1) is 0 Å². The lowest BCUT2D eigenvalue weighted by atomic mass is 9.75. The van der Waals surface area contributed by atoms with Gasteiger partial charge in [-0.1, -0.05) is 95.2 Å². The van der Waals surface area contributed by atoms with E-state index in [1.165, 1.54) is 33.4 Å². The van der Waals surface area contributed by atoms with Gasteiger partial charge in [0.15, 0.2) is 0 Å². The van der Waals surface area contributed by atoms with Crippen LogP contribution in [0.15, 0.2) is 65.3 Å². The normalized spacial score (nSPS) is 16.0. The summed E-state index contributed by atoms with van der Waals surface area (Å²) in [5, 5.41) is 3.10. The second kappa shape index (κ2) is 12.6. The molecule has 0 saturated carbocycles. The van der Waals surface area contributed by atoms with Crippen LogP contribution in [0.4, 0.5) is 0 Å². The Balaban J connectivity index is 3.79. The highest BCUT2D eigenvalue weighted by atomic mass is 16.1. The molecule has 1 aromatic carbocycles. The van der Waals surface area contributed by atoms with Crippen molar-refractivity contribution in [3.8, 4) is 0 Å². The highest BCUT2D eigenvalue weighted by Crippen LogP contribution is 2.38. The number of rotatable bonds is 11. The molecule has 0 bridgehead atoms. The summed E-state index contributed by atoms with van der Waals surface area (Å²) in [4.78, 5) is 11.4. The lowest BCUT2D eigenvalue weighted by Crippen LogP contribution is -2.41. The zero-order valence-electron chi connectivity index (χ0n) is 21.9. The van der Waals surface area contributed by atoms with Crippen LogP contribution in [-0.2, 0) is 4.79 Å². The Morgan fingerprint density at radius 3 is 2.16 bits per heavy atom. The summed E-state index contributed by atoms with van der Waals surface area (Å²) in [6, 6.07) is 8.73. The van der Waals surface area contributed by atoms with Crippen molar-refractivity contribution in [1.82, 2.24) is 5.32 Å². The smallest absolute Gasteiger partial charge is 0.207 e. The van der Waals surface area contributed by atoms with Crippen LogP contribution in [0.25, 0.3) is 5.57 Å². The summed E-state index contributed by atoms with van der Waals surface area (Å²) in [6.45, 7) is 19.7. The molecule has 1 rings (SSSR count). The number of aryl methyl sites for hydroxylation is 1. The van der Waals surface area contributed by atoms with E-state index >= 15 is 0 Å². The number of hydrogen-bond acceptors (Lipinski definition) is 1. The maximum atomic E-state index is 11.4. The molecule has 176 valence electrons. The Morgan fingerprint density at radius 1 is 1.06 bits per heavy atom. The van der Waals surface area contributed by atoms with E-state index in [2.05, 4.69) is 116 Å². The van der Waals surface area contributed by atoms with Crippen LogP contribution in [0.1, 0.15) is 92.2 Å². The molecule has 32 heavy (non-hydrogen) atoms. The monoisotopic (exact) mass is 435 g/mol. The minimum absolute atomic E-state index is 0.0516. The van der Waals surface area contributed by atoms with Crippen LogP contribution in [0.2, 0.25) is 0 Å². The third kappa shape index (κ3) is 8.30. The molecular formula is C30H45NO. The van der Waals surface area contributed by atoms with Crippen LogP contribution in [0.3, 0.4) is 0 Å². The van der Waals surface area contributed by atoms with E-state index in [0.717, 1.165) is 32.1 Å². The fourth-order valence-electron chi connectivity index (χ4n) is 3.78. The SMILES string of the molecule is C/C=C(/C=C/CCC)C(\CC(C)(CC)NC=O)=C(/C=C(\C)c1ccc(C)cc1)C(C)(C)C. The predicted octanol–water partition coefficient (Wildman–Crippen LogP) is 8.35. The van der Waals surface area contributed by atoms with Crippen molar-refractivity contribution in [2.24, 2.45) is 5.41 Å². The van der Waals surface area contributed by atoms with Gasteiger partial charge in [-0.25, -0.2) is 0 Å². The highest BCUT2D eigenvalue weighted by molar-refractivity contribution is 5.68. The van der Waals surface area contributed by atoms with Crippen LogP contribution >= 0.6 is 0 Å². The van der Waals surface area contributed by atoms with Crippen molar-refractivity contribution in [2.75, 3.05) is 0 Å². The molecule has 0 fully saturated rings. The summed E-state index contributed by atoms with van der Waals surface area (Å²) in [7, 11) is 0. The highest BCUT2D eigenvalue weighted by Gasteiger charge is 2.28. The van der Waals surface area contributed by atoms with Gasteiger partial charge in [0.2, 0.25) is 6.41 Å². The van der Waals surface area contributed by atoms with Crippen molar-refractivity contribution < 1.29 is 4.79 Å². The topological polar surface area (TPSA) is 29.1 Å². The lowest BCUT2D eigenvalue weighted by molar-refractivity contribution is -0.111. The van der Waals surface area contributed by atoms with Gasteiger partial charge in [0.25, 0.3) is 0 Å². The maximum Gasteiger partial charge on any atom is 0.207 e. The van der Waals surface area contributed by atoms with E-state index in [9.17, 15) is 4.79 Å². The number of carbonyl (C=O) groups excluding carboxylic acids is 1. The molecule has 0 radical (unpaired) electrons. The quantitative estimate of drug-likeness (QED) is 0.274. The first-order valence-corrected chi connectivity index (χ1v) is 12.0. The predicted molar refractivity (Wildman–Crippen MR) is 142 cm³/mol. The van der Waals surface area contributed by atoms with Gasteiger partial charge in [0, 0.05) is 5.54 Å². The van der Waals surface area contributed by atoms with E-state index in [1.54, 1.807) is 0 Å². The number of amides is 1. The second-order valence-electron chi connectivity index (χ2n) is 10.1. The first-order valence-electron chi connectivity index (χ1n) is 12.0. The van der Waals surface area contributed by atoms with Crippen LogP contribution < -0.4 is 5.32 Å². The molecule has 0 heterocycles. The second-order valence-corrected chi connectivity index (χ2v) is 10.1. The van der Waals surface area contributed by atoms with E-state index < -0.39 is 0 Å². The van der Waals surface area contributed by atoms with Gasteiger partial charge < -0.3 is 5.32 Å². The summed E-state index contributed by atoms with van der Waals surface area (Å²) in [5.74, 6) is 0. The van der Waals surface area contributed by atoms with Crippen LogP contribution in [-0.4, -0.2) is 11.9 Å². The number of hydrogen-bond donors (Lipinski definition) is 1. The molecular weight excluding hydrogens is 390 g/mol. The molecule has 1 amide bonds. The number of unbranched alkanes of at least 4 members (excludes halogenated alkanes) is 1. The van der Waals surface area contributed by atoms with Crippen LogP contribution in [0.5, 0.6) is 0 Å². The zero-order chi connectivity index (χ0) is 24.4. The Kier molecular flexibility index (Phi) is 10.9. The largest absolute Gasteiger partial charge is 0.353 e. The van der Waals surface area contributed by atoms with Crippen molar-refractivity contribution in [1.29, 1.82) is 0 Å². The summed E-state index contributed by atoms with van der Waals surface area (Å²) >= 11 is 0. The minimum atomic E-state index is -0.300. The van der Waals surface area contributed by atoms with E-state index in [1.807, 2.05) is 0 Å². The van der Waals surface area contributed by atoms with Crippen molar-refractivity contribution in [2.45, 2.75) is 93.5 Å². The molecule has 2 heteroatoms. The third-order valence-electron chi connectivity index (χ3n) is 6.17. The first kappa shape index (κ1) is 27.7.